The largest absolute Gasteiger partial charge is 0.362 e. The number of halogens is 2. The summed E-state index contributed by atoms with van der Waals surface area (Å²) in [5, 5.41) is 12.6. The molecule has 1 aliphatic heterocycles. The van der Waals surface area contributed by atoms with Crippen molar-refractivity contribution in [1.29, 1.82) is 5.26 Å². The Kier molecular flexibility index (Phi) is 6.52. The van der Waals surface area contributed by atoms with Crippen molar-refractivity contribution in [3.63, 3.8) is 0 Å². The molecular weight excluding hydrogens is 413 g/mol. The molecule has 2 aromatic rings. The molecule has 0 aliphatic carbocycles. The molecule has 0 saturated carbocycles. The Labute approximate surface area is 187 Å². The van der Waals surface area contributed by atoms with Gasteiger partial charge in [0, 0.05) is 34.1 Å². The van der Waals surface area contributed by atoms with Gasteiger partial charge in [0.2, 0.25) is 0 Å². The van der Waals surface area contributed by atoms with Crippen LogP contribution in [0.4, 0.5) is 15.8 Å². The number of anilines is 2. The lowest BCUT2D eigenvalue weighted by molar-refractivity contribution is -0.112. The van der Waals surface area contributed by atoms with Gasteiger partial charge in [-0.15, -0.1) is 0 Å². The lowest BCUT2D eigenvalue weighted by Gasteiger charge is -2.43. The minimum absolute atomic E-state index is 0.193. The molecule has 0 unspecified atom stereocenters. The van der Waals surface area contributed by atoms with Gasteiger partial charge in [-0.1, -0.05) is 30.7 Å². The van der Waals surface area contributed by atoms with E-state index in [9.17, 15) is 10.1 Å². The highest BCUT2D eigenvalue weighted by Crippen LogP contribution is 2.40. The molecule has 1 heterocycles. The molecule has 4 nitrogen and oxygen atoms in total. The Balaban J connectivity index is 1.99. The van der Waals surface area contributed by atoms with Crippen molar-refractivity contribution in [3.8, 4) is 6.07 Å². The van der Waals surface area contributed by atoms with Crippen LogP contribution < -0.4 is 10.2 Å². The number of hydrogen-bond donors (Lipinski definition) is 1. The maximum absolute atomic E-state index is 15.1. The summed E-state index contributed by atoms with van der Waals surface area (Å²) >= 11 is 5.94. The molecular formula is C25H25ClFN3O. The van der Waals surface area contributed by atoms with Crippen LogP contribution in [0.1, 0.15) is 45.2 Å². The van der Waals surface area contributed by atoms with Gasteiger partial charge in [-0.3, -0.25) is 4.79 Å². The molecule has 0 aromatic heterocycles. The van der Waals surface area contributed by atoms with Crippen molar-refractivity contribution < 1.29 is 9.18 Å². The smallest absolute Gasteiger partial charge is 0.266 e. The maximum Gasteiger partial charge on any atom is 0.266 e. The molecule has 0 saturated heterocycles. The molecule has 160 valence electrons. The first kappa shape index (κ1) is 22.6. The monoisotopic (exact) mass is 437 g/mol. The highest BCUT2D eigenvalue weighted by Gasteiger charge is 2.31. The van der Waals surface area contributed by atoms with E-state index in [0.29, 0.717) is 10.7 Å². The van der Waals surface area contributed by atoms with Gasteiger partial charge in [-0.2, -0.15) is 5.26 Å². The highest BCUT2D eigenvalue weighted by atomic mass is 35.5. The van der Waals surface area contributed by atoms with Gasteiger partial charge in [0.05, 0.1) is 5.54 Å². The SMILES string of the molecule is CCCN1c2cc(F)c(/C=C(\C#N)C(=O)Nc3cccc(Cl)c3)cc2C(C)=CC1(C)C. The molecule has 2 aromatic carbocycles. The maximum atomic E-state index is 15.1. The van der Waals surface area contributed by atoms with Crippen molar-refractivity contribution in [2.24, 2.45) is 0 Å². The van der Waals surface area contributed by atoms with E-state index in [2.05, 4.69) is 37.1 Å². The number of amides is 1. The van der Waals surface area contributed by atoms with Gasteiger partial charge in [0.15, 0.2) is 0 Å². The second kappa shape index (κ2) is 8.95. The third-order valence-electron chi connectivity index (χ3n) is 5.29. The zero-order valence-corrected chi connectivity index (χ0v) is 18.8. The molecule has 31 heavy (non-hydrogen) atoms. The van der Waals surface area contributed by atoms with E-state index in [1.54, 1.807) is 30.3 Å². The third-order valence-corrected chi connectivity index (χ3v) is 5.53. The summed E-state index contributed by atoms with van der Waals surface area (Å²) in [5.41, 5.74) is 2.98. The van der Waals surface area contributed by atoms with E-state index < -0.39 is 11.7 Å². The minimum atomic E-state index is -0.622. The fourth-order valence-electron chi connectivity index (χ4n) is 3.93. The zero-order valence-electron chi connectivity index (χ0n) is 18.1. The Hall–Kier alpha value is -3.10. The first-order chi connectivity index (χ1) is 14.7. The van der Waals surface area contributed by atoms with E-state index in [1.165, 1.54) is 12.1 Å². The van der Waals surface area contributed by atoms with Crippen molar-refractivity contribution in [2.75, 3.05) is 16.8 Å². The summed E-state index contributed by atoms with van der Waals surface area (Å²) < 4.78 is 15.1. The molecule has 0 radical (unpaired) electrons. The number of hydrogen-bond acceptors (Lipinski definition) is 3. The molecule has 0 fully saturated rings. The fourth-order valence-corrected chi connectivity index (χ4v) is 4.12. The summed E-state index contributed by atoms with van der Waals surface area (Å²) in [6, 6.07) is 11.7. The first-order valence-corrected chi connectivity index (χ1v) is 10.5. The quantitative estimate of drug-likeness (QED) is 0.432. The van der Waals surface area contributed by atoms with Crippen LogP contribution in [0.5, 0.6) is 0 Å². The second-order valence-corrected chi connectivity index (χ2v) is 8.59. The Bertz CT molecular complexity index is 1130. The van der Waals surface area contributed by atoms with Crippen LogP contribution in [-0.2, 0) is 4.79 Å². The van der Waals surface area contributed by atoms with Crippen LogP contribution in [0.15, 0.2) is 48.0 Å². The molecule has 0 atom stereocenters. The average Bonchev–Trinajstić information content (AvgIpc) is 2.69. The van der Waals surface area contributed by atoms with Crippen molar-refractivity contribution in [3.05, 3.63) is 70.0 Å². The molecule has 0 bridgehead atoms. The molecule has 3 rings (SSSR count). The zero-order chi connectivity index (χ0) is 22.8. The standard InChI is InChI=1S/C25H25ClFN3O/c1-5-9-30-23-13-22(27)17(11-21(23)16(2)14-25(30,3)4)10-18(15-28)24(31)29-20-8-6-7-19(26)12-20/h6-8,10-14H,5,9H2,1-4H3,(H,29,31)/b18-10+. The normalized spacial score (nSPS) is 15.1. The number of rotatable bonds is 5. The number of nitriles is 1. The number of benzene rings is 2. The van der Waals surface area contributed by atoms with E-state index >= 15 is 4.39 Å². The van der Waals surface area contributed by atoms with Crippen LogP contribution in [0.3, 0.4) is 0 Å². The third kappa shape index (κ3) is 4.81. The van der Waals surface area contributed by atoms with Crippen molar-refractivity contribution in [2.45, 2.75) is 39.7 Å². The van der Waals surface area contributed by atoms with Crippen molar-refractivity contribution in [1.82, 2.24) is 0 Å². The van der Waals surface area contributed by atoms with Gasteiger partial charge in [0.1, 0.15) is 17.5 Å². The molecule has 1 amide bonds. The number of nitrogens with zero attached hydrogens (tertiary/aromatic N) is 2. The van der Waals surface area contributed by atoms with Gasteiger partial charge >= 0.3 is 0 Å². The summed E-state index contributed by atoms with van der Waals surface area (Å²) in [6.45, 7) is 9.09. The van der Waals surface area contributed by atoms with Gasteiger partial charge in [-0.05, 0) is 69.2 Å². The highest BCUT2D eigenvalue weighted by molar-refractivity contribution is 6.31. The molecule has 0 spiro atoms. The van der Waals surface area contributed by atoms with Crippen LogP contribution in [0.2, 0.25) is 5.02 Å². The summed E-state index contributed by atoms with van der Waals surface area (Å²) in [5.74, 6) is -1.10. The predicted molar refractivity (Wildman–Crippen MR) is 125 cm³/mol. The van der Waals surface area contributed by atoms with E-state index in [4.69, 9.17) is 11.6 Å². The van der Waals surface area contributed by atoms with Gasteiger partial charge in [0.25, 0.3) is 5.91 Å². The fraction of sp³-hybridized carbons (Fsp3) is 0.280. The van der Waals surface area contributed by atoms with Crippen LogP contribution >= 0.6 is 11.6 Å². The van der Waals surface area contributed by atoms with E-state index in [1.807, 2.05) is 13.0 Å². The molecule has 6 heteroatoms. The average molecular weight is 438 g/mol. The number of carbonyl (C=O) groups excluding carboxylic acids is 1. The second-order valence-electron chi connectivity index (χ2n) is 8.16. The number of allylic oxidation sites excluding steroid dienone is 1. The Morgan fingerprint density at radius 1 is 1.32 bits per heavy atom. The minimum Gasteiger partial charge on any atom is -0.362 e. The van der Waals surface area contributed by atoms with Gasteiger partial charge < -0.3 is 10.2 Å². The van der Waals surface area contributed by atoms with E-state index in [0.717, 1.165) is 29.8 Å². The molecule has 1 aliphatic rings. The van der Waals surface area contributed by atoms with Crippen LogP contribution in [0, 0.1) is 17.1 Å². The van der Waals surface area contributed by atoms with Crippen molar-refractivity contribution >= 4 is 40.5 Å². The predicted octanol–water partition coefficient (Wildman–Crippen LogP) is 6.44. The lowest BCUT2D eigenvalue weighted by atomic mass is 9.87. The van der Waals surface area contributed by atoms with Crippen LogP contribution in [0.25, 0.3) is 11.6 Å². The molecule has 1 N–H and O–H groups in total. The first-order valence-electron chi connectivity index (χ1n) is 10.2. The lowest BCUT2D eigenvalue weighted by Crippen LogP contribution is -2.45. The Morgan fingerprint density at radius 3 is 2.71 bits per heavy atom. The van der Waals surface area contributed by atoms with E-state index in [-0.39, 0.29) is 16.7 Å². The van der Waals surface area contributed by atoms with Gasteiger partial charge in [-0.25, -0.2) is 4.39 Å². The summed E-state index contributed by atoms with van der Waals surface area (Å²) in [7, 11) is 0. The summed E-state index contributed by atoms with van der Waals surface area (Å²) in [4.78, 5) is 14.7. The number of fused-ring (bicyclic) bond motifs is 1. The summed E-state index contributed by atoms with van der Waals surface area (Å²) in [6.07, 6.45) is 4.38. The number of carbonyl (C=O) groups is 1. The van der Waals surface area contributed by atoms with Crippen LogP contribution in [-0.4, -0.2) is 18.0 Å². The number of nitrogens with one attached hydrogen (secondary N) is 1. The Morgan fingerprint density at radius 2 is 2.06 bits per heavy atom. The topological polar surface area (TPSA) is 56.1 Å².